The van der Waals surface area contributed by atoms with E-state index in [-0.39, 0.29) is 11.9 Å². The number of nitrogens with one attached hydrogen (secondary N) is 2. The predicted octanol–water partition coefficient (Wildman–Crippen LogP) is 5.17. The molecule has 3 aromatic rings. The third kappa shape index (κ3) is 3.60. The van der Waals surface area contributed by atoms with Crippen molar-refractivity contribution in [2.24, 2.45) is 0 Å². The Balaban J connectivity index is 1.51. The van der Waals surface area contributed by atoms with E-state index in [1.807, 2.05) is 31.2 Å². The van der Waals surface area contributed by atoms with Crippen LogP contribution in [0.4, 0.5) is 10.8 Å². The fraction of sp³-hybridized carbons (Fsp3) is 0.273. The lowest BCUT2D eigenvalue weighted by molar-refractivity contribution is 0.0940. The molecule has 2 N–H and O–H groups in total. The van der Waals surface area contributed by atoms with Gasteiger partial charge in [-0.2, -0.15) is 0 Å². The summed E-state index contributed by atoms with van der Waals surface area (Å²) in [5.41, 5.74) is 5.62. The summed E-state index contributed by atoms with van der Waals surface area (Å²) in [5.74, 6) is -0.0384. The van der Waals surface area contributed by atoms with Crippen molar-refractivity contribution in [3.05, 3.63) is 75.8 Å². The zero-order valence-corrected chi connectivity index (χ0v) is 16.4. The van der Waals surface area contributed by atoms with E-state index in [0.29, 0.717) is 4.88 Å². The second-order valence-electron chi connectivity index (χ2n) is 6.83. The summed E-state index contributed by atoms with van der Waals surface area (Å²) in [6.07, 6.45) is 2.92. The first kappa shape index (κ1) is 17.7. The van der Waals surface area contributed by atoms with Crippen LogP contribution in [0.2, 0.25) is 0 Å². The number of fused-ring (bicyclic) bond motifs is 1. The first-order valence-electron chi connectivity index (χ1n) is 9.36. The van der Waals surface area contributed by atoms with Gasteiger partial charge in [0.2, 0.25) is 0 Å². The number of carbonyl (C=O) groups excluding carboxylic acids is 1. The Hall–Kier alpha value is -2.66. The highest BCUT2D eigenvalue weighted by molar-refractivity contribution is 7.17. The van der Waals surface area contributed by atoms with E-state index in [1.54, 1.807) is 0 Å². The molecule has 1 amide bonds. The fourth-order valence-corrected chi connectivity index (χ4v) is 4.54. The van der Waals surface area contributed by atoms with Gasteiger partial charge in [0.1, 0.15) is 4.88 Å². The Labute approximate surface area is 163 Å². The van der Waals surface area contributed by atoms with E-state index >= 15 is 0 Å². The molecule has 1 atom stereocenters. The van der Waals surface area contributed by atoms with Crippen molar-refractivity contribution >= 4 is 28.1 Å². The molecule has 1 heterocycles. The number of aryl methyl sites for hydroxylation is 3. The van der Waals surface area contributed by atoms with Gasteiger partial charge in [0.05, 0.1) is 11.7 Å². The van der Waals surface area contributed by atoms with Crippen molar-refractivity contribution in [3.8, 4) is 0 Å². The fourth-order valence-electron chi connectivity index (χ4n) is 3.66. The largest absolute Gasteiger partial charge is 0.344 e. The van der Waals surface area contributed by atoms with Crippen LogP contribution in [0.5, 0.6) is 0 Å². The standard InChI is InChI=1S/C22H23N3OS/c1-3-15-8-5-7-11-18(15)25-22-23-14(2)20(27-22)21(26)24-19-13-12-16-9-4-6-10-17(16)19/h4-11,19H,3,12-13H2,1-2H3,(H,23,25)(H,24,26). The zero-order valence-electron chi connectivity index (χ0n) is 15.6. The van der Waals surface area contributed by atoms with Gasteiger partial charge in [-0.15, -0.1) is 0 Å². The quantitative estimate of drug-likeness (QED) is 0.644. The van der Waals surface area contributed by atoms with Crippen molar-refractivity contribution in [1.29, 1.82) is 0 Å². The number of thiazole rings is 1. The summed E-state index contributed by atoms with van der Waals surface area (Å²) >= 11 is 1.41. The molecule has 27 heavy (non-hydrogen) atoms. The monoisotopic (exact) mass is 377 g/mol. The molecular weight excluding hydrogens is 354 g/mol. The third-order valence-corrected chi connectivity index (χ3v) is 6.15. The molecule has 0 saturated carbocycles. The summed E-state index contributed by atoms with van der Waals surface area (Å²) in [6.45, 7) is 4.02. The number of amides is 1. The van der Waals surface area contributed by atoms with Crippen LogP contribution < -0.4 is 10.6 Å². The molecule has 4 nitrogen and oxygen atoms in total. The number of hydrogen-bond donors (Lipinski definition) is 2. The third-order valence-electron chi connectivity index (χ3n) is 5.08. The maximum Gasteiger partial charge on any atom is 0.263 e. The number of para-hydroxylation sites is 1. The first-order chi connectivity index (χ1) is 13.2. The maximum absolute atomic E-state index is 12.9. The molecule has 5 heteroatoms. The van der Waals surface area contributed by atoms with Crippen molar-refractivity contribution in [1.82, 2.24) is 10.3 Å². The van der Waals surface area contributed by atoms with Crippen LogP contribution in [-0.4, -0.2) is 10.9 Å². The number of anilines is 2. The lowest BCUT2D eigenvalue weighted by Crippen LogP contribution is -2.26. The van der Waals surface area contributed by atoms with Crippen LogP contribution in [0, 0.1) is 6.92 Å². The highest BCUT2D eigenvalue weighted by Gasteiger charge is 2.25. The van der Waals surface area contributed by atoms with Gasteiger partial charge in [-0.25, -0.2) is 4.98 Å². The topological polar surface area (TPSA) is 54.0 Å². The summed E-state index contributed by atoms with van der Waals surface area (Å²) in [5, 5.41) is 7.33. The highest BCUT2D eigenvalue weighted by atomic mass is 32.1. The minimum absolute atomic E-state index is 0.0384. The summed E-state index contributed by atoms with van der Waals surface area (Å²) in [4.78, 5) is 18.1. The van der Waals surface area contributed by atoms with Crippen LogP contribution in [0.15, 0.2) is 48.5 Å². The van der Waals surface area contributed by atoms with E-state index in [9.17, 15) is 4.79 Å². The second kappa shape index (κ2) is 7.53. The van der Waals surface area contributed by atoms with E-state index in [0.717, 1.165) is 35.8 Å². The summed E-state index contributed by atoms with van der Waals surface area (Å²) in [7, 11) is 0. The van der Waals surface area contributed by atoms with Crippen LogP contribution in [0.25, 0.3) is 0 Å². The Morgan fingerprint density at radius 1 is 1.19 bits per heavy atom. The van der Waals surface area contributed by atoms with Gasteiger partial charge in [0.15, 0.2) is 5.13 Å². The number of nitrogens with zero attached hydrogens (tertiary/aromatic N) is 1. The zero-order chi connectivity index (χ0) is 18.8. The number of rotatable bonds is 5. The molecule has 1 aliphatic carbocycles. The smallest absolute Gasteiger partial charge is 0.263 e. The molecule has 1 aliphatic rings. The highest BCUT2D eigenvalue weighted by Crippen LogP contribution is 2.32. The Kier molecular flexibility index (Phi) is 4.94. The van der Waals surface area contributed by atoms with Crippen LogP contribution in [-0.2, 0) is 12.8 Å². The van der Waals surface area contributed by atoms with Gasteiger partial charge < -0.3 is 10.6 Å². The molecule has 1 aromatic heterocycles. The number of benzene rings is 2. The molecule has 4 rings (SSSR count). The Morgan fingerprint density at radius 2 is 1.96 bits per heavy atom. The average molecular weight is 378 g/mol. The normalized spacial score (nSPS) is 15.4. The lowest BCUT2D eigenvalue weighted by Gasteiger charge is -2.13. The van der Waals surface area contributed by atoms with Crippen molar-refractivity contribution in [3.63, 3.8) is 0 Å². The van der Waals surface area contributed by atoms with Crippen LogP contribution in [0.1, 0.15) is 51.4 Å². The number of carbonyl (C=O) groups is 1. The minimum Gasteiger partial charge on any atom is -0.344 e. The van der Waals surface area contributed by atoms with Crippen molar-refractivity contribution in [2.75, 3.05) is 5.32 Å². The Morgan fingerprint density at radius 3 is 2.81 bits per heavy atom. The van der Waals surface area contributed by atoms with Crippen LogP contribution >= 0.6 is 11.3 Å². The van der Waals surface area contributed by atoms with Crippen molar-refractivity contribution in [2.45, 2.75) is 39.2 Å². The molecule has 0 fully saturated rings. The van der Waals surface area contributed by atoms with Gasteiger partial charge in [-0.1, -0.05) is 60.7 Å². The van der Waals surface area contributed by atoms with Crippen LogP contribution in [0.3, 0.4) is 0 Å². The molecule has 0 spiro atoms. The maximum atomic E-state index is 12.9. The minimum atomic E-state index is -0.0384. The van der Waals surface area contributed by atoms with Gasteiger partial charge in [-0.3, -0.25) is 4.79 Å². The number of aromatic nitrogens is 1. The lowest BCUT2D eigenvalue weighted by atomic mass is 10.1. The summed E-state index contributed by atoms with van der Waals surface area (Å²) < 4.78 is 0. The molecule has 0 saturated heterocycles. The van der Waals surface area contributed by atoms with Crippen molar-refractivity contribution < 1.29 is 4.79 Å². The van der Waals surface area contributed by atoms with E-state index < -0.39 is 0 Å². The average Bonchev–Trinajstić information content (AvgIpc) is 3.26. The van der Waals surface area contributed by atoms with E-state index in [2.05, 4.69) is 46.8 Å². The molecular formula is C22H23N3OS. The Bertz CT molecular complexity index is 979. The molecule has 1 unspecified atom stereocenters. The molecule has 0 bridgehead atoms. The predicted molar refractivity (Wildman–Crippen MR) is 111 cm³/mol. The van der Waals surface area contributed by atoms with Gasteiger partial charge in [0, 0.05) is 5.69 Å². The van der Waals surface area contributed by atoms with E-state index in [4.69, 9.17) is 0 Å². The molecule has 138 valence electrons. The SMILES string of the molecule is CCc1ccccc1Nc1nc(C)c(C(=O)NC2CCc3ccccc32)s1. The molecule has 2 aromatic carbocycles. The van der Waals surface area contributed by atoms with E-state index in [1.165, 1.54) is 28.0 Å². The van der Waals surface area contributed by atoms with Gasteiger partial charge >= 0.3 is 0 Å². The second-order valence-corrected chi connectivity index (χ2v) is 7.83. The van der Waals surface area contributed by atoms with Gasteiger partial charge in [0.25, 0.3) is 5.91 Å². The summed E-state index contributed by atoms with van der Waals surface area (Å²) in [6, 6.07) is 16.6. The number of hydrogen-bond acceptors (Lipinski definition) is 4. The first-order valence-corrected chi connectivity index (χ1v) is 10.2. The van der Waals surface area contributed by atoms with Gasteiger partial charge in [-0.05, 0) is 48.9 Å². The molecule has 0 aliphatic heterocycles. The molecule has 0 radical (unpaired) electrons.